The van der Waals surface area contributed by atoms with E-state index in [1.54, 1.807) is 24.3 Å². The van der Waals surface area contributed by atoms with Gasteiger partial charge in [0.1, 0.15) is 6.61 Å². The van der Waals surface area contributed by atoms with Gasteiger partial charge in [0.05, 0.1) is 10.0 Å². The van der Waals surface area contributed by atoms with E-state index >= 15 is 0 Å². The van der Waals surface area contributed by atoms with E-state index in [9.17, 15) is 4.79 Å². The Morgan fingerprint density at radius 2 is 1.91 bits per heavy atom. The van der Waals surface area contributed by atoms with Crippen LogP contribution >= 0.6 is 23.2 Å². The molecule has 1 aromatic heterocycles. The maximum Gasteiger partial charge on any atom is 0.411 e. The Morgan fingerprint density at radius 1 is 1.22 bits per heavy atom. The number of pyridine rings is 1. The highest BCUT2D eigenvalue weighted by Crippen LogP contribution is 2.25. The van der Waals surface area contributed by atoms with Crippen LogP contribution < -0.4 is 26.9 Å². The summed E-state index contributed by atoms with van der Waals surface area (Å²) in [4.78, 5) is 11.7. The van der Waals surface area contributed by atoms with Crippen LogP contribution in [0.2, 0.25) is 10.0 Å². The van der Waals surface area contributed by atoms with Gasteiger partial charge in [0.2, 0.25) is 0 Å². The van der Waals surface area contributed by atoms with E-state index < -0.39 is 6.09 Å². The van der Waals surface area contributed by atoms with Crippen LogP contribution in [0.3, 0.4) is 0 Å². The number of carbonyl (C=O) groups excluding carboxylic acids is 1. The summed E-state index contributed by atoms with van der Waals surface area (Å²) in [5, 5.41) is 3.39. The molecule has 122 valence electrons. The normalized spacial score (nSPS) is 9.65. The number of aromatic nitrogens is 1. The Bertz CT molecular complexity index is 678. The number of ether oxygens (including phenoxy) is 1. The standard InChI is InChI=1S/C16H14Cl2N2O2.BrH/c1-2-7-20-8-5-12(6-9-20)11-22-16(21)19-13-3-4-14(17)15(18)10-13;/h2-6,8-10H,1,7,11H2;1H. The molecule has 0 fully saturated rings. The van der Waals surface area contributed by atoms with Gasteiger partial charge in [-0.25, -0.2) is 9.36 Å². The molecule has 2 rings (SSSR count). The topological polar surface area (TPSA) is 42.2 Å². The van der Waals surface area contributed by atoms with Gasteiger partial charge in [-0.1, -0.05) is 29.8 Å². The summed E-state index contributed by atoms with van der Waals surface area (Å²) in [6.45, 7) is 4.59. The third kappa shape index (κ3) is 6.22. The lowest BCUT2D eigenvalue weighted by atomic mass is 10.3. The number of carbonyl (C=O) groups is 1. The maximum atomic E-state index is 11.7. The van der Waals surface area contributed by atoms with Gasteiger partial charge in [-0.15, -0.1) is 0 Å². The summed E-state index contributed by atoms with van der Waals surface area (Å²) in [5.41, 5.74) is 1.42. The van der Waals surface area contributed by atoms with E-state index in [-0.39, 0.29) is 23.6 Å². The lowest BCUT2D eigenvalue weighted by Crippen LogP contribution is -3.00. The molecule has 23 heavy (non-hydrogen) atoms. The van der Waals surface area contributed by atoms with E-state index in [2.05, 4.69) is 11.9 Å². The molecule has 0 saturated heterocycles. The van der Waals surface area contributed by atoms with Crippen molar-refractivity contribution < 1.29 is 31.1 Å². The molecule has 0 atom stereocenters. The molecule has 0 bridgehead atoms. The number of rotatable bonds is 5. The molecule has 0 unspecified atom stereocenters. The Morgan fingerprint density at radius 3 is 2.52 bits per heavy atom. The van der Waals surface area contributed by atoms with Crippen molar-refractivity contribution >= 4 is 35.0 Å². The van der Waals surface area contributed by atoms with Crippen LogP contribution in [0.25, 0.3) is 0 Å². The van der Waals surface area contributed by atoms with Crippen molar-refractivity contribution in [2.75, 3.05) is 5.32 Å². The lowest BCUT2D eigenvalue weighted by molar-refractivity contribution is -0.687. The maximum absolute atomic E-state index is 11.7. The van der Waals surface area contributed by atoms with Crippen LogP contribution in [0.15, 0.2) is 55.4 Å². The van der Waals surface area contributed by atoms with Gasteiger partial charge in [-0.3, -0.25) is 5.32 Å². The van der Waals surface area contributed by atoms with Crippen molar-refractivity contribution in [2.24, 2.45) is 0 Å². The molecule has 7 heteroatoms. The average Bonchev–Trinajstić information content (AvgIpc) is 2.51. The van der Waals surface area contributed by atoms with E-state index in [0.29, 0.717) is 15.7 Å². The Kier molecular flexibility index (Phi) is 8.09. The SMILES string of the molecule is C=CC[n+]1ccc(COC(=O)Nc2ccc(Cl)c(Cl)c2)cc1.[Br-]. The van der Waals surface area contributed by atoms with Crippen LogP contribution in [-0.4, -0.2) is 6.09 Å². The van der Waals surface area contributed by atoms with Crippen molar-refractivity contribution in [3.05, 3.63) is 71.0 Å². The Hall–Kier alpha value is -1.56. The fraction of sp³-hybridized carbons (Fsp3) is 0.125. The predicted octanol–water partition coefficient (Wildman–Crippen LogP) is 1.22. The molecule has 0 radical (unpaired) electrons. The van der Waals surface area contributed by atoms with Gasteiger partial charge in [0.25, 0.3) is 0 Å². The van der Waals surface area contributed by atoms with Gasteiger partial charge in [0.15, 0.2) is 18.9 Å². The molecule has 0 aliphatic carbocycles. The van der Waals surface area contributed by atoms with Crippen LogP contribution in [0, 0.1) is 0 Å². The largest absolute Gasteiger partial charge is 1.00 e. The molecule has 0 spiro atoms. The van der Waals surface area contributed by atoms with E-state index in [1.807, 2.05) is 29.1 Å². The van der Waals surface area contributed by atoms with Crippen molar-refractivity contribution in [1.82, 2.24) is 0 Å². The molecule has 1 amide bonds. The first kappa shape index (κ1) is 19.5. The second-order valence-electron chi connectivity index (χ2n) is 4.52. The van der Waals surface area contributed by atoms with Gasteiger partial charge in [0, 0.05) is 23.4 Å². The van der Waals surface area contributed by atoms with E-state index in [4.69, 9.17) is 27.9 Å². The molecular formula is C16H15BrCl2N2O2. The average molecular weight is 418 g/mol. The van der Waals surface area contributed by atoms with Crippen molar-refractivity contribution in [2.45, 2.75) is 13.2 Å². The number of amides is 1. The van der Waals surface area contributed by atoms with Crippen LogP contribution in [0.1, 0.15) is 5.56 Å². The quantitative estimate of drug-likeness (QED) is 0.587. The number of nitrogens with one attached hydrogen (secondary N) is 1. The molecule has 0 saturated carbocycles. The first-order valence-corrected chi connectivity index (χ1v) is 7.32. The third-order valence-corrected chi connectivity index (χ3v) is 3.58. The zero-order valence-corrected chi connectivity index (χ0v) is 15.2. The molecular weight excluding hydrogens is 403 g/mol. The van der Waals surface area contributed by atoms with Crippen LogP contribution in [-0.2, 0) is 17.9 Å². The fourth-order valence-electron chi connectivity index (χ4n) is 1.73. The summed E-state index contributed by atoms with van der Waals surface area (Å²) in [7, 11) is 0. The minimum absolute atomic E-state index is 0. The summed E-state index contributed by atoms with van der Waals surface area (Å²) in [6, 6.07) is 8.59. The lowest BCUT2D eigenvalue weighted by Gasteiger charge is -2.07. The Balaban J connectivity index is 0.00000264. The monoisotopic (exact) mass is 416 g/mol. The summed E-state index contributed by atoms with van der Waals surface area (Å²) in [5.74, 6) is 0. The minimum Gasteiger partial charge on any atom is -1.00 e. The molecule has 4 nitrogen and oxygen atoms in total. The number of nitrogens with zero attached hydrogens (tertiary/aromatic N) is 1. The first-order valence-electron chi connectivity index (χ1n) is 6.56. The highest BCUT2D eigenvalue weighted by molar-refractivity contribution is 6.42. The minimum atomic E-state index is -0.554. The summed E-state index contributed by atoms with van der Waals surface area (Å²) >= 11 is 11.7. The van der Waals surface area contributed by atoms with Crippen LogP contribution in [0.5, 0.6) is 0 Å². The number of allylic oxidation sites excluding steroid dienone is 1. The second-order valence-corrected chi connectivity index (χ2v) is 5.34. The van der Waals surface area contributed by atoms with Gasteiger partial charge in [-0.2, -0.15) is 0 Å². The van der Waals surface area contributed by atoms with E-state index in [1.165, 1.54) is 0 Å². The fourth-order valence-corrected chi connectivity index (χ4v) is 2.03. The van der Waals surface area contributed by atoms with E-state index in [0.717, 1.165) is 12.1 Å². The summed E-state index contributed by atoms with van der Waals surface area (Å²) < 4.78 is 7.11. The third-order valence-electron chi connectivity index (χ3n) is 2.84. The second kappa shape index (κ2) is 9.55. The highest BCUT2D eigenvalue weighted by Gasteiger charge is 2.06. The predicted molar refractivity (Wildman–Crippen MR) is 87.1 cm³/mol. The number of hydrogen-bond acceptors (Lipinski definition) is 2. The Labute approximate surface area is 155 Å². The number of benzene rings is 1. The molecule has 1 N–H and O–H groups in total. The molecule has 0 aliphatic rings. The molecule has 1 aromatic carbocycles. The number of anilines is 1. The number of hydrogen-bond donors (Lipinski definition) is 1. The first-order chi connectivity index (χ1) is 10.6. The zero-order valence-electron chi connectivity index (χ0n) is 12.1. The highest BCUT2D eigenvalue weighted by atomic mass is 79.9. The van der Waals surface area contributed by atoms with Gasteiger partial charge < -0.3 is 21.7 Å². The van der Waals surface area contributed by atoms with Gasteiger partial charge in [-0.05, 0) is 24.3 Å². The van der Waals surface area contributed by atoms with Crippen molar-refractivity contribution in [3.63, 3.8) is 0 Å². The molecule has 0 aliphatic heterocycles. The van der Waals surface area contributed by atoms with Gasteiger partial charge >= 0.3 is 6.09 Å². The smallest absolute Gasteiger partial charge is 0.411 e. The zero-order chi connectivity index (χ0) is 15.9. The van der Waals surface area contributed by atoms with Crippen molar-refractivity contribution in [1.29, 1.82) is 0 Å². The van der Waals surface area contributed by atoms with Crippen molar-refractivity contribution in [3.8, 4) is 0 Å². The van der Waals surface area contributed by atoms with Crippen LogP contribution in [0.4, 0.5) is 10.5 Å². The summed E-state index contributed by atoms with van der Waals surface area (Å²) in [6.07, 6.45) is 5.05. The molecule has 2 aromatic rings. The number of halogens is 3. The molecule has 1 heterocycles.